The van der Waals surface area contributed by atoms with Gasteiger partial charge < -0.3 is 47.4 Å². The molecule has 0 fully saturated rings. The van der Waals surface area contributed by atoms with E-state index < -0.39 is 47.5 Å². The van der Waals surface area contributed by atoms with Crippen LogP contribution in [0.2, 0.25) is 0 Å². The number of guanidine groups is 1. The molecule has 0 spiro atoms. The molecule has 10 N–H and O–H groups in total. The Hall–Kier alpha value is -6.64. The predicted molar refractivity (Wildman–Crippen MR) is 215 cm³/mol. The Morgan fingerprint density at radius 2 is 1.45 bits per heavy atom. The van der Waals surface area contributed by atoms with Crippen molar-refractivity contribution in [2.75, 3.05) is 6.54 Å². The van der Waals surface area contributed by atoms with E-state index >= 15 is 0 Å². The van der Waals surface area contributed by atoms with Gasteiger partial charge in [0.25, 0.3) is 0 Å². The summed E-state index contributed by atoms with van der Waals surface area (Å²) in [5.74, 6) is -1.16. The number of carbonyl (C=O) groups is 4. The Labute approximate surface area is 325 Å². The summed E-state index contributed by atoms with van der Waals surface area (Å²) < 4.78 is 5.50. The first-order chi connectivity index (χ1) is 26.8. The van der Waals surface area contributed by atoms with E-state index in [1.807, 2.05) is 84.9 Å². The van der Waals surface area contributed by atoms with E-state index in [1.54, 1.807) is 33.2 Å². The highest BCUT2D eigenvalue weighted by Gasteiger charge is 2.32. The van der Waals surface area contributed by atoms with Crippen molar-refractivity contribution in [1.82, 2.24) is 36.2 Å². The summed E-state index contributed by atoms with van der Waals surface area (Å²) in [5.41, 5.74) is 14.1. The summed E-state index contributed by atoms with van der Waals surface area (Å²) in [5, 5.41) is 12.2. The lowest BCUT2D eigenvalue weighted by Gasteiger charge is -2.26. The first-order valence-corrected chi connectivity index (χ1v) is 18.5. The number of rotatable bonds is 17. The number of amides is 4. The van der Waals surface area contributed by atoms with Crippen molar-refractivity contribution < 1.29 is 23.9 Å². The van der Waals surface area contributed by atoms with Gasteiger partial charge in [-0.25, -0.2) is 9.78 Å². The van der Waals surface area contributed by atoms with Crippen LogP contribution in [0.3, 0.4) is 0 Å². The second-order valence-electron chi connectivity index (χ2n) is 14.4. The van der Waals surface area contributed by atoms with E-state index in [-0.39, 0.29) is 38.3 Å². The number of imidazole rings is 1. The van der Waals surface area contributed by atoms with Crippen molar-refractivity contribution in [3.8, 4) is 11.4 Å². The molecule has 15 nitrogen and oxygen atoms in total. The molecule has 2 heterocycles. The third-order valence-electron chi connectivity index (χ3n) is 8.73. The third kappa shape index (κ3) is 12.2. The normalized spacial score (nSPS) is 12.8. The Morgan fingerprint density at radius 1 is 0.804 bits per heavy atom. The van der Waals surface area contributed by atoms with Gasteiger partial charge in [-0.2, -0.15) is 0 Å². The van der Waals surface area contributed by atoms with Gasteiger partial charge in [-0.15, -0.1) is 0 Å². The molecule has 3 atom stereocenters. The Kier molecular flexibility index (Phi) is 13.8. The number of aliphatic imine (C=N–C) groups is 1. The Balaban J connectivity index is 1.41. The molecule has 56 heavy (non-hydrogen) atoms. The zero-order valence-electron chi connectivity index (χ0n) is 31.8. The minimum atomic E-state index is -1.18. The number of benzene rings is 3. The van der Waals surface area contributed by atoms with Gasteiger partial charge in [0, 0.05) is 60.5 Å². The largest absolute Gasteiger partial charge is 0.444 e. The van der Waals surface area contributed by atoms with Crippen LogP contribution < -0.4 is 32.7 Å². The van der Waals surface area contributed by atoms with E-state index in [0.717, 1.165) is 27.6 Å². The van der Waals surface area contributed by atoms with Crippen molar-refractivity contribution in [2.45, 2.75) is 76.7 Å². The fourth-order valence-electron chi connectivity index (χ4n) is 6.04. The molecule has 0 saturated heterocycles. The molecule has 5 aromatic rings. The van der Waals surface area contributed by atoms with Crippen molar-refractivity contribution in [1.29, 1.82) is 0 Å². The lowest BCUT2D eigenvalue weighted by atomic mass is 10.0. The second-order valence-corrected chi connectivity index (χ2v) is 14.4. The first kappa shape index (κ1) is 40.5. The maximum atomic E-state index is 14.3. The number of nitrogens with one attached hydrogen (secondary N) is 6. The number of aromatic nitrogens is 3. The van der Waals surface area contributed by atoms with Crippen LogP contribution in [0.5, 0.6) is 0 Å². The van der Waals surface area contributed by atoms with Gasteiger partial charge in [0.05, 0.1) is 0 Å². The number of para-hydroxylation sites is 1. The van der Waals surface area contributed by atoms with Crippen LogP contribution in [0.15, 0.2) is 102 Å². The smallest absolute Gasteiger partial charge is 0.408 e. The van der Waals surface area contributed by atoms with E-state index in [4.69, 9.17) is 16.2 Å². The summed E-state index contributed by atoms with van der Waals surface area (Å²) in [6.07, 6.45) is 3.23. The SMILES string of the molecule is CC(C)(C)OC(=O)N[C@@H](Cc1cnc(-c2ccccc2)[nH]1)C(=O)N[C@@H](Cc1c[nH]c2ccccc12)C(=O)N[C@@H](CCCN=C(N)N)C(=O)NCc1ccccc1. The lowest BCUT2D eigenvalue weighted by Crippen LogP contribution is -2.58. The van der Waals surface area contributed by atoms with Crippen molar-refractivity contribution in [3.63, 3.8) is 0 Å². The van der Waals surface area contributed by atoms with Gasteiger partial charge in [-0.3, -0.25) is 19.4 Å². The van der Waals surface area contributed by atoms with Gasteiger partial charge in [0.1, 0.15) is 29.6 Å². The number of nitrogens with zero attached hydrogens (tertiary/aromatic N) is 2. The average molecular weight is 763 g/mol. The number of aromatic amines is 2. The van der Waals surface area contributed by atoms with Gasteiger partial charge in [-0.05, 0) is 50.8 Å². The van der Waals surface area contributed by atoms with Gasteiger partial charge in [-0.1, -0.05) is 78.9 Å². The number of alkyl carbamates (subject to hydrolysis) is 1. The topological polar surface area (TPSA) is 234 Å². The van der Waals surface area contributed by atoms with Crippen molar-refractivity contribution in [3.05, 3.63) is 114 Å². The molecular weight excluding hydrogens is 713 g/mol. The summed E-state index contributed by atoms with van der Waals surface area (Å²) in [7, 11) is 0. The third-order valence-corrected chi connectivity index (χ3v) is 8.73. The number of carbonyl (C=O) groups excluding carboxylic acids is 4. The van der Waals surface area contributed by atoms with Crippen LogP contribution in [0, 0.1) is 0 Å². The standard InChI is InChI=1S/C41H50N10O5/c1-41(2,3)56-40(55)51-34(22-29-25-46-35(48-29)27-15-8-5-9-16-27)38(54)50-33(21-28-24-45-31-18-11-10-17-30(28)31)37(53)49-32(19-12-20-44-39(42)43)36(52)47-23-26-13-6-4-7-14-26/h4-11,13-18,24-25,32-34,45H,12,19-23H2,1-3H3,(H,46,48)(H,47,52)(H,49,53)(H,50,54)(H,51,55)(H4,42,43,44)/t32-,33-,34-/m0/s1. The molecule has 0 aliphatic rings. The van der Waals surface area contributed by atoms with E-state index in [9.17, 15) is 19.2 Å². The Bertz CT molecular complexity index is 2100. The average Bonchev–Trinajstić information content (AvgIpc) is 3.81. The highest BCUT2D eigenvalue weighted by molar-refractivity contribution is 5.95. The van der Waals surface area contributed by atoms with Crippen LogP contribution in [0.4, 0.5) is 4.79 Å². The molecule has 0 unspecified atom stereocenters. The molecule has 0 radical (unpaired) electrons. The lowest BCUT2D eigenvalue weighted by molar-refractivity contribution is -0.132. The highest BCUT2D eigenvalue weighted by atomic mass is 16.6. The van der Waals surface area contributed by atoms with Crippen LogP contribution in [0.25, 0.3) is 22.3 Å². The Morgan fingerprint density at radius 3 is 2.14 bits per heavy atom. The van der Waals surface area contributed by atoms with Gasteiger partial charge in [0.2, 0.25) is 17.7 Å². The highest BCUT2D eigenvalue weighted by Crippen LogP contribution is 2.20. The quantitative estimate of drug-likeness (QED) is 0.0395. The minimum Gasteiger partial charge on any atom is -0.444 e. The number of fused-ring (bicyclic) bond motifs is 1. The summed E-state index contributed by atoms with van der Waals surface area (Å²) in [4.78, 5) is 70.2. The molecule has 5 rings (SSSR count). The molecule has 0 aliphatic carbocycles. The van der Waals surface area contributed by atoms with Crippen LogP contribution in [0.1, 0.15) is 50.4 Å². The number of ether oxygens (including phenoxy) is 1. The first-order valence-electron chi connectivity index (χ1n) is 18.5. The molecule has 294 valence electrons. The summed E-state index contributed by atoms with van der Waals surface area (Å²) in [6, 6.07) is 23.1. The van der Waals surface area contributed by atoms with E-state index in [2.05, 4.69) is 41.2 Å². The zero-order valence-corrected chi connectivity index (χ0v) is 31.8. The molecule has 2 aromatic heterocycles. The zero-order chi connectivity index (χ0) is 40.1. The number of hydrogen-bond acceptors (Lipinski definition) is 7. The number of hydrogen-bond donors (Lipinski definition) is 8. The minimum absolute atomic E-state index is 0.00163. The van der Waals surface area contributed by atoms with Crippen molar-refractivity contribution in [2.24, 2.45) is 16.5 Å². The molecule has 15 heteroatoms. The molecular formula is C41H50N10O5. The molecule has 0 saturated carbocycles. The van der Waals surface area contributed by atoms with Gasteiger partial charge in [0.15, 0.2) is 5.96 Å². The summed E-state index contributed by atoms with van der Waals surface area (Å²) >= 11 is 0. The molecule has 0 bridgehead atoms. The van der Waals surface area contributed by atoms with Gasteiger partial charge >= 0.3 is 6.09 Å². The maximum Gasteiger partial charge on any atom is 0.408 e. The van der Waals surface area contributed by atoms with Crippen molar-refractivity contribution >= 4 is 40.7 Å². The maximum absolute atomic E-state index is 14.3. The monoisotopic (exact) mass is 762 g/mol. The molecule has 4 amide bonds. The summed E-state index contributed by atoms with van der Waals surface area (Å²) in [6.45, 7) is 5.64. The fraction of sp³-hybridized carbons (Fsp3) is 0.317. The van der Waals surface area contributed by atoms with E-state index in [1.165, 1.54) is 0 Å². The second kappa shape index (κ2) is 19.1. The number of nitrogens with two attached hydrogens (primary N) is 2. The molecule has 3 aromatic carbocycles. The fourth-order valence-corrected chi connectivity index (χ4v) is 6.04. The van der Waals surface area contributed by atoms with Crippen LogP contribution in [-0.4, -0.2) is 75.0 Å². The number of H-pyrrole nitrogens is 2. The predicted octanol–water partition coefficient (Wildman–Crippen LogP) is 3.58. The van der Waals surface area contributed by atoms with Crippen LogP contribution >= 0.6 is 0 Å². The molecule has 0 aliphatic heterocycles. The van der Waals surface area contributed by atoms with Crippen LogP contribution in [-0.2, 0) is 38.5 Å². The van der Waals surface area contributed by atoms with E-state index in [0.29, 0.717) is 17.9 Å².